The Labute approximate surface area is 156 Å². The number of fused-ring (bicyclic) bond motifs is 1. The molecule has 0 radical (unpaired) electrons. The van der Waals surface area contributed by atoms with Crippen molar-refractivity contribution in [1.29, 1.82) is 0 Å². The lowest BCUT2D eigenvalue weighted by molar-refractivity contribution is 0.103. The van der Waals surface area contributed by atoms with Gasteiger partial charge in [-0.3, -0.25) is 14.2 Å². The maximum Gasteiger partial charge on any atom is 0.266 e. The van der Waals surface area contributed by atoms with Gasteiger partial charge in [-0.15, -0.1) is 11.3 Å². The van der Waals surface area contributed by atoms with Gasteiger partial charge in [0.15, 0.2) is 0 Å². The molecule has 1 N–H and O–H groups in total. The van der Waals surface area contributed by atoms with Crippen molar-refractivity contribution in [2.75, 3.05) is 5.32 Å². The number of hydrogen-bond acceptors (Lipinski definition) is 4. The Morgan fingerprint density at radius 3 is 2.79 bits per heavy atom. The Morgan fingerprint density at radius 2 is 2.12 bits per heavy atom. The van der Waals surface area contributed by atoms with Crippen LogP contribution in [0.5, 0.6) is 0 Å². The molecule has 124 valence electrons. The lowest BCUT2D eigenvalue weighted by Crippen LogP contribution is -2.19. The van der Waals surface area contributed by atoms with Gasteiger partial charge in [-0.05, 0) is 72.7 Å². The van der Waals surface area contributed by atoms with Crippen molar-refractivity contribution < 1.29 is 4.79 Å². The van der Waals surface area contributed by atoms with Crippen molar-refractivity contribution in [1.82, 2.24) is 9.55 Å². The average Bonchev–Trinajstić information content (AvgIpc) is 2.88. The van der Waals surface area contributed by atoms with Crippen molar-refractivity contribution in [3.05, 3.63) is 54.5 Å². The molecule has 24 heavy (non-hydrogen) atoms. The summed E-state index contributed by atoms with van der Waals surface area (Å²) < 4.78 is 2.66. The van der Waals surface area contributed by atoms with Crippen LogP contribution in [-0.4, -0.2) is 15.5 Å². The number of nitrogens with zero attached hydrogens (tertiary/aromatic N) is 2. The largest absolute Gasteiger partial charge is 0.321 e. The summed E-state index contributed by atoms with van der Waals surface area (Å²) in [5, 5.41) is 3.47. The summed E-state index contributed by atoms with van der Waals surface area (Å²) in [6.07, 6.45) is 1.53. The maximum atomic E-state index is 12.7. The highest BCUT2D eigenvalue weighted by molar-refractivity contribution is 14.1. The van der Waals surface area contributed by atoms with E-state index >= 15 is 0 Å². The van der Waals surface area contributed by atoms with Crippen LogP contribution in [0.1, 0.15) is 27.7 Å². The molecule has 0 aliphatic rings. The number of carbonyl (C=O) groups is 1. The molecule has 2 aromatic heterocycles. The molecule has 5 nitrogen and oxygen atoms in total. The van der Waals surface area contributed by atoms with E-state index < -0.39 is 0 Å². The summed E-state index contributed by atoms with van der Waals surface area (Å²) >= 11 is 3.49. The highest BCUT2D eigenvalue weighted by atomic mass is 127. The van der Waals surface area contributed by atoms with Crippen molar-refractivity contribution in [3.63, 3.8) is 0 Å². The average molecular weight is 453 g/mol. The van der Waals surface area contributed by atoms with Crippen LogP contribution < -0.4 is 10.9 Å². The van der Waals surface area contributed by atoms with Gasteiger partial charge in [-0.25, -0.2) is 4.98 Å². The lowest BCUT2D eigenvalue weighted by atomic mass is 10.2. The van der Waals surface area contributed by atoms with Gasteiger partial charge in [-0.1, -0.05) is 0 Å². The van der Waals surface area contributed by atoms with E-state index in [-0.39, 0.29) is 11.5 Å². The predicted octanol–water partition coefficient (Wildman–Crippen LogP) is 3.95. The molecule has 0 bridgehead atoms. The third-order valence-electron chi connectivity index (χ3n) is 3.90. The van der Waals surface area contributed by atoms with E-state index in [0.29, 0.717) is 27.2 Å². The molecule has 1 amide bonds. The van der Waals surface area contributed by atoms with Crippen molar-refractivity contribution in [3.8, 4) is 0 Å². The first-order chi connectivity index (χ1) is 11.4. The van der Waals surface area contributed by atoms with Crippen LogP contribution in [0.25, 0.3) is 10.2 Å². The first-order valence-corrected chi connectivity index (χ1v) is 9.38. The van der Waals surface area contributed by atoms with Gasteiger partial charge >= 0.3 is 0 Å². The maximum absolute atomic E-state index is 12.7. The zero-order valence-electron chi connectivity index (χ0n) is 13.5. The minimum atomic E-state index is -0.206. The molecule has 1 aromatic carbocycles. The molecule has 2 heterocycles. The number of amides is 1. The molecule has 3 aromatic rings. The molecule has 3 rings (SSSR count). The molecule has 0 atom stereocenters. The van der Waals surface area contributed by atoms with Gasteiger partial charge in [-0.2, -0.15) is 0 Å². The van der Waals surface area contributed by atoms with Gasteiger partial charge < -0.3 is 5.32 Å². The smallest absolute Gasteiger partial charge is 0.266 e. The van der Waals surface area contributed by atoms with Crippen LogP contribution in [0.15, 0.2) is 29.3 Å². The summed E-state index contributed by atoms with van der Waals surface area (Å²) in [6, 6.07) is 5.85. The van der Waals surface area contributed by atoms with Crippen molar-refractivity contribution in [2.24, 2.45) is 0 Å². The molecule has 0 unspecified atom stereocenters. The fourth-order valence-electron chi connectivity index (χ4n) is 2.55. The Morgan fingerprint density at radius 1 is 1.38 bits per heavy atom. The number of carbonyl (C=O) groups excluding carboxylic acids is 1. The van der Waals surface area contributed by atoms with Gasteiger partial charge in [0.05, 0.1) is 16.6 Å². The highest BCUT2D eigenvalue weighted by Crippen LogP contribution is 2.28. The zero-order chi connectivity index (χ0) is 17.4. The van der Waals surface area contributed by atoms with Crippen LogP contribution in [0, 0.1) is 17.4 Å². The number of anilines is 1. The summed E-state index contributed by atoms with van der Waals surface area (Å²) in [7, 11) is 0. The predicted molar refractivity (Wildman–Crippen MR) is 106 cm³/mol. The molecule has 0 aliphatic heterocycles. The number of aromatic nitrogens is 2. The van der Waals surface area contributed by atoms with Crippen LogP contribution >= 0.6 is 33.9 Å². The number of rotatable bonds is 3. The van der Waals surface area contributed by atoms with Gasteiger partial charge in [0.1, 0.15) is 4.83 Å². The molecule has 0 saturated heterocycles. The first-order valence-electron chi connectivity index (χ1n) is 7.48. The van der Waals surface area contributed by atoms with E-state index in [9.17, 15) is 9.59 Å². The summed E-state index contributed by atoms with van der Waals surface area (Å²) in [4.78, 5) is 30.6. The third kappa shape index (κ3) is 2.98. The second kappa shape index (κ2) is 6.64. The Kier molecular flexibility index (Phi) is 4.73. The minimum Gasteiger partial charge on any atom is -0.321 e. The fraction of sp³-hybridized carbons (Fsp3) is 0.235. The number of benzene rings is 1. The molecule has 0 fully saturated rings. The number of halogens is 1. The Bertz CT molecular complexity index is 1010. The molecule has 0 saturated carbocycles. The molecule has 0 aliphatic carbocycles. The molecular weight excluding hydrogens is 437 g/mol. The van der Waals surface area contributed by atoms with Gasteiger partial charge in [0, 0.05) is 15.8 Å². The summed E-state index contributed by atoms with van der Waals surface area (Å²) in [5.74, 6) is -0.206. The molecule has 0 spiro atoms. The Balaban J connectivity index is 2.03. The number of hydrogen-bond donors (Lipinski definition) is 1. The number of nitrogens with one attached hydrogen (secondary N) is 1. The van der Waals surface area contributed by atoms with E-state index in [1.807, 2.05) is 32.0 Å². The SMILES string of the molecule is CCn1cnc2sc(C(=O)Nc3ccc(I)cc3C)c(C)c2c1=O. The van der Waals surface area contributed by atoms with E-state index in [4.69, 9.17) is 0 Å². The van der Waals surface area contributed by atoms with E-state index in [0.717, 1.165) is 14.8 Å². The van der Waals surface area contributed by atoms with Crippen molar-refractivity contribution in [2.45, 2.75) is 27.3 Å². The van der Waals surface area contributed by atoms with E-state index in [2.05, 4.69) is 32.9 Å². The van der Waals surface area contributed by atoms with E-state index in [1.165, 1.54) is 17.7 Å². The minimum absolute atomic E-state index is 0.0965. The van der Waals surface area contributed by atoms with Crippen LogP contribution in [0.3, 0.4) is 0 Å². The topological polar surface area (TPSA) is 64.0 Å². The molecule has 7 heteroatoms. The first kappa shape index (κ1) is 17.1. The van der Waals surface area contributed by atoms with Crippen molar-refractivity contribution >= 4 is 55.7 Å². The monoisotopic (exact) mass is 453 g/mol. The second-order valence-electron chi connectivity index (χ2n) is 5.49. The normalized spacial score (nSPS) is 11.0. The van der Waals surface area contributed by atoms with Crippen LogP contribution in [0.2, 0.25) is 0 Å². The number of aryl methyl sites for hydroxylation is 3. The van der Waals surface area contributed by atoms with Gasteiger partial charge in [0.2, 0.25) is 0 Å². The Hall–Kier alpha value is -1.74. The standard InChI is InChI=1S/C17H16IN3O2S/c1-4-21-8-19-16-13(17(21)23)10(3)14(24-16)15(22)20-12-6-5-11(18)7-9(12)2/h5-8H,4H2,1-3H3,(H,20,22). The quantitative estimate of drug-likeness (QED) is 0.611. The lowest BCUT2D eigenvalue weighted by Gasteiger charge is -2.08. The zero-order valence-corrected chi connectivity index (χ0v) is 16.5. The molecular formula is C17H16IN3O2S. The highest BCUT2D eigenvalue weighted by Gasteiger charge is 2.19. The summed E-state index contributed by atoms with van der Waals surface area (Å²) in [6.45, 7) is 6.21. The van der Waals surface area contributed by atoms with Gasteiger partial charge in [0.25, 0.3) is 11.5 Å². The van der Waals surface area contributed by atoms with Crippen LogP contribution in [-0.2, 0) is 6.54 Å². The fourth-order valence-corrected chi connectivity index (χ4v) is 4.23. The third-order valence-corrected chi connectivity index (χ3v) is 5.77. The summed E-state index contributed by atoms with van der Waals surface area (Å²) in [5.41, 5.74) is 2.37. The number of thiophene rings is 1. The second-order valence-corrected chi connectivity index (χ2v) is 7.73. The van der Waals surface area contributed by atoms with Crippen LogP contribution in [0.4, 0.5) is 5.69 Å². The van der Waals surface area contributed by atoms with E-state index in [1.54, 1.807) is 11.5 Å².